The zero-order valence-electron chi connectivity index (χ0n) is 11.5. The Balaban J connectivity index is 2.27. The summed E-state index contributed by atoms with van der Waals surface area (Å²) in [6.07, 6.45) is 1.15. The van der Waals surface area contributed by atoms with Crippen molar-refractivity contribution in [2.75, 3.05) is 0 Å². The van der Waals surface area contributed by atoms with Crippen molar-refractivity contribution >= 4 is 33.3 Å². The number of fused-ring (bicyclic) bond motifs is 1. The minimum Gasteiger partial charge on any atom is -0.480 e. The van der Waals surface area contributed by atoms with Crippen LogP contribution >= 0.6 is 11.3 Å². The monoisotopic (exact) mass is 291 g/mol. The number of hydrogen-bond donors (Lipinski definition) is 2. The summed E-state index contributed by atoms with van der Waals surface area (Å²) in [6.45, 7) is 3.79. The number of aryl methyl sites for hydroxylation is 1. The number of carbonyl (C=O) groups is 2. The van der Waals surface area contributed by atoms with Gasteiger partial charge in [0, 0.05) is 4.70 Å². The molecule has 0 saturated heterocycles. The van der Waals surface area contributed by atoms with E-state index < -0.39 is 12.0 Å². The van der Waals surface area contributed by atoms with E-state index in [2.05, 4.69) is 5.32 Å². The molecule has 106 valence electrons. The summed E-state index contributed by atoms with van der Waals surface area (Å²) in [6, 6.07) is 6.97. The van der Waals surface area contributed by atoms with Gasteiger partial charge in [-0.2, -0.15) is 0 Å². The molecule has 2 N–H and O–H groups in total. The van der Waals surface area contributed by atoms with E-state index in [1.165, 1.54) is 11.3 Å². The number of carbonyl (C=O) groups excluding carboxylic acids is 1. The Morgan fingerprint density at radius 2 is 2.05 bits per heavy atom. The zero-order valence-corrected chi connectivity index (χ0v) is 12.3. The molecule has 2 rings (SSSR count). The molecule has 0 radical (unpaired) electrons. The smallest absolute Gasteiger partial charge is 0.326 e. The lowest BCUT2D eigenvalue weighted by atomic mass is 10.1. The van der Waals surface area contributed by atoms with Gasteiger partial charge in [-0.1, -0.05) is 31.5 Å². The van der Waals surface area contributed by atoms with E-state index in [-0.39, 0.29) is 5.91 Å². The Morgan fingerprint density at radius 1 is 1.35 bits per heavy atom. The predicted molar refractivity (Wildman–Crippen MR) is 80.4 cm³/mol. The third-order valence-electron chi connectivity index (χ3n) is 3.23. The highest BCUT2D eigenvalue weighted by atomic mass is 32.1. The van der Waals surface area contributed by atoms with Crippen molar-refractivity contribution in [2.24, 2.45) is 0 Å². The molecule has 4 nitrogen and oxygen atoms in total. The maximum Gasteiger partial charge on any atom is 0.326 e. The van der Waals surface area contributed by atoms with Crippen LogP contribution in [0.3, 0.4) is 0 Å². The fourth-order valence-corrected chi connectivity index (χ4v) is 3.27. The SMILES string of the molecule is CCC[C@@H](NC(=O)c1sc2ccccc2c1C)C(=O)O. The van der Waals surface area contributed by atoms with Crippen molar-refractivity contribution in [1.29, 1.82) is 0 Å². The third-order valence-corrected chi connectivity index (χ3v) is 4.50. The molecule has 5 heteroatoms. The van der Waals surface area contributed by atoms with Gasteiger partial charge in [0.05, 0.1) is 4.88 Å². The number of carboxylic acids is 1. The molecule has 1 aromatic carbocycles. The van der Waals surface area contributed by atoms with Gasteiger partial charge in [0.25, 0.3) is 5.91 Å². The topological polar surface area (TPSA) is 66.4 Å². The predicted octanol–water partition coefficient (Wildman–Crippen LogP) is 3.19. The van der Waals surface area contributed by atoms with Crippen molar-refractivity contribution in [3.63, 3.8) is 0 Å². The normalized spacial score (nSPS) is 12.3. The van der Waals surface area contributed by atoms with E-state index in [1.54, 1.807) is 0 Å². The minimum atomic E-state index is -0.987. The number of hydrogen-bond acceptors (Lipinski definition) is 3. The van der Waals surface area contributed by atoms with Crippen molar-refractivity contribution < 1.29 is 14.7 Å². The Kier molecular flexibility index (Phi) is 4.39. The summed E-state index contributed by atoms with van der Waals surface area (Å²) in [5.74, 6) is -1.29. The molecule has 1 amide bonds. The molecule has 1 atom stereocenters. The molecule has 0 spiro atoms. The molecule has 0 saturated carbocycles. The summed E-state index contributed by atoms with van der Waals surface area (Å²) in [7, 11) is 0. The molecule has 0 aliphatic carbocycles. The highest BCUT2D eigenvalue weighted by Gasteiger charge is 2.22. The van der Waals surface area contributed by atoms with E-state index in [0.717, 1.165) is 15.6 Å². The van der Waals surface area contributed by atoms with Crippen LogP contribution in [0.25, 0.3) is 10.1 Å². The minimum absolute atomic E-state index is 0.301. The molecule has 0 aliphatic heterocycles. The number of rotatable bonds is 5. The number of amides is 1. The van der Waals surface area contributed by atoms with Crippen molar-refractivity contribution in [3.8, 4) is 0 Å². The Bertz CT molecular complexity index is 648. The van der Waals surface area contributed by atoms with Gasteiger partial charge in [0.1, 0.15) is 6.04 Å². The lowest BCUT2D eigenvalue weighted by molar-refractivity contribution is -0.139. The third kappa shape index (κ3) is 2.82. The van der Waals surface area contributed by atoms with E-state index in [1.807, 2.05) is 38.1 Å². The van der Waals surface area contributed by atoms with Gasteiger partial charge in [-0.15, -0.1) is 11.3 Å². The fourth-order valence-electron chi connectivity index (χ4n) is 2.16. The van der Waals surface area contributed by atoms with Gasteiger partial charge in [-0.25, -0.2) is 4.79 Å². The lowest BCUT2D eigenvalue weighted by Crippen LogP contribution is -2.40. The quantitative estimate of drug-likeness (QED) is 0.889. The molecular formula is C15H17NO3S. The zero-order chi connectivity index (χ0) is 14.7. The first kappa shape index (κ1) is 14.5. The number of benzene rings is 1. The molecule has 1 aromatic heterocycles. The second-order valence-electron chi connectivity index (χ2n) is 4.71. The Morgan fingerprint density at radius 3 is 2.65 bits per heavy atom. The van der Waals surface area contributed by atoms with Gasteiger partial charge in [-0.05, 0) is 30.4 Å². The van der Waals surface area contributed by atoms with Gasteiger partial charge in [0.15, 0.2) is 0 Å². The van der Waals surface area contributed by atoms with Crippen LogP contribution < -0.4 is 5.32 Å². The lowest BCUT2D eigenvalue weighted by Gasteiger charge is -2.13. The van der Waals surface area contributed by atoms with Crippen LogP contribution in [0, 0.1) is 6.92 Å². The molecule has 0 unspecified atom stereocenters. The standard InChI is InChI=1S/C15H17NO3S/c1-3-6-11(15(18)19)16-14(17)13-9(2)10-7-4-5-8-12(10)20-13/h4-5,7-8,11H,3,6H2,1-2H3,(H,16,17)(H,18,19)/t11-/m1/s1. The first-order chi connectivity index (χ1) is 9.54. The second-order valence-corrected chi connectivity index (χ2v) is 5.76. The summed E-state index contributed by atoms with van der Waals surface area (Å²) in [4.78, 5) is 24.0. The van der Waals surface area contributed by atoms with Crippen molar-refractivity contribution in [1.82, 2.24) is 5.32 Å². The average Bonchev–Trinajstić information content (AvgIpc) is 2.76. The number of nitrogens with one attached hydrogen (secondary N) is 1. The summed E-state index contributed by atoms with van der Waals surface area (Å²) in [5, 5.41) is 12.8. The highest BCUT2D eigenvalue weighted by Crippen LogP contribution is 2.30. The van der Waals surface area contributed by atoms with Crippen LogP contribution in [-0.2, 0) is 4.79 Å². The van der Waals surface area contributed by atoms with Crippen LogP contribution in [0.1, 0.15) is 35.0 Å². The van der Waals surface area contributed by atoms with Crippen LogP contribution in [0.15, 0.2) is 24.3 Å². The van der Waals surface area contributed by atoms with Crippen LogP contribution in [-0.4, -0.2) is 23.0 Å². The summed E-state index contributed by atoms with van der Waals surface area (Å²) >= 11 is 1.40. The molecule has 20 heavy (non-hydrogen) atoms. The molecule has 0 aliphatic rings. The molecule has 1 heterocycles. The first-order valence-electron chi connectivity index (χ1n) is 6.56. The highest BCUT2D eigenvalue weighted by molar-refractivity contribution is 7.21. The fraction of sp³-hybridized carbons (Fsp3) is 0.333. The Labute approximate surface area is 121 Å². The first-order valence-corrected chi connectivity index (χ1v) is 7.38. The maximum absolute atomic E-state index is 12.3. The number of aliphatic carboxylic acids is 1. The largest absolute Gasteiger partial charge is 0.480 e. The van der Waals surface area contributed by atoms with Crippen LogP contribution in [0.4, 0.5) is 0 Å². The summed E-state index contributed by atoms with van der Waals surface area (Å²) < 4.78 is 1.04. The van der Waals surface area contributed by atoms with Crippen LogP contribution in [0.5, 0.6) is 0 Å². The molecule has 0 bridgehead atoms. The van der Waals surface area contributed by atoms with E-state index in [0.29, 0.717) is 17.7 Å². The average molecular weight is 291 g/mol. The van der Waals surface area contributed by atoms with E-state index in [4.69, 9.17) is 5.11 Å². The van der Waals surface area contributed by atoms with E-state index in [9.17, 15) is 9.59 Å². The van der Waals surface area contributed by atoms with Crippen LogP contribution in [0.2, 0.25) is 0 Å². The van der Waals surface area contributed by atoms with Crippen molar-refractivity contribution in [3.05, 3.63) is 34.7 Å². The van der Waals surface area contributed by atoms with Gasteiger partial charge >= 0.3 is 5.97 Å². The van der Waals surface area contributed by atoms with Gasteiger partial charge in [0.2, 0.25) is 0 Å². The van der Waals surface area contributed by atoms with Crippen molar-refractivity contribution in [2.45, 2.75) is 32.7 Å². The summed E-state index contributed by atoms with van der Waals surface area (Å²) in [5.41, 5.74) is 0.906. The molecule has 2 aromatic rings. The van der Waals surface area contributed by atoms with Gasteiger partial charge in [-0.3, -0.25) is 4.79 Å². The molecular weight excluding hydrogens is 274 g/mol. The van der Waals surface area contributed by atoms with Gasteiger partial charge < -0.3 is 10.4 Å². The Hall–Kier alpha value is -1.88. The maximum atomic E-state index is 12.3. The van der Waals surface area contributed by atoms with E-state index >= 15 is 0 Å². The number of carboxylic acid groups (broad SMARTS) is 1. The number of thiophene rings is 1. The second kappa shape index (κ2) is 6.05. The molecule has 0 fully saturated rings.